The SMILES string of the molecule is Cl.O=C(O)CCN1CCOC(c2ccc(Oc3ccc(N4CCOCC4)cc3)cc2)C1. The van der Waals surface area contributed by atoms with Crippen LogP contribution in [0.5, 0.6) is 11.5 Å². The maximum absolute atomic E-state index is 10.8. The van der Waals surface area contributed by atoms with Crippen LogP contribution in [0.4, 0.5) is 5.69 Å². The molecule has 2 saturated heterocycles. The Kier molecular flexibility index (Phi) is 8.54. The first-order valence-electron chi connectivity index (χ1n) is 10.4. The van der Waals surface area contributed by atoms with Crippen molar-refractivity contribution in [1.29, 1.82) is 0 Å². The minimum absolute atomic E-state index is 0. The van der Waals surface area contributed by atoms with E-state index >= 15 is 0 Å². The molecular weight excluding hydrogens is 420 g/mol. The number of aliphatic carboxylic acids is 1. The van der Waals surface area contributed by atoms with E-state index in [9.17, 15) is 4.79 Å². The summed E-state index contributed by atoms with van der Waals surface area (Å²) in [7, 11) is 0. The van der Waals surface area contributed by atoms with Gasteiger partial charge in [-0.15, -0.1) is 12.4 Å². The van der Waals surface area contributed by atoms with Gasteiger partial charge in [-0.25, -0.2) is 0 Å². The second-order valence-corrected chi connectivity index (χ2v) is 7.57. The van der Waals surface area contributed by atoms with Crippen LogP contribution < -0.4 is 9.64 Å². The summed E-state index contributed by atoms with van der Waals surface area (Å²) in [6.07, 6.45) is 0.110. The third-order valence-corrected chi connectivity index (χ3v) is 5.49. The summed E-state index contributed by atoms with van der Waals surface area (Å²) in [5.41, 5.74) is 2.26. The number of carboxylic acid groups (broad SMARTS) is 1. The summed E-state index contributed by atoms with van der Waals surface area (Å²) in [4.78, 5) is 15.3. The molecule has 4 rings (SSSR count). The molecule has 1 N–H and O–H groups in total. The lowest BCUT2D eigenvalue weighted by Crippen LogP contribution is -2.39. The molecule has 0 amide bonds. The molecule has 8 heteroatoms. The van der Waals surface area contributed by atoms with E-state index in [-0.39, 0.29) is 24.9 Å². The number of carbonyl (C=O) groups is 1. The van der Waals surface area contributed by atoms with Crippen molar-refractivity contribution in [2.75, 3.05) is 57.4 Å². The molecule has 0 aliphatic carbocycles. The van der Waals surface area contributed by atoms with Gasteiger partial charge in [0.15, 0.2) is 0 Å². The number of hydrogen-bond donors (Lipinski definition) is 1. The number of morpholine rings is 2. The normalized spacial score (nSPS) is 19.5. The Labute approximate surface area is 188 Å². The van der Waals surface area contributed by atoms with Crippen LogP contribution >= 0.6 is 12.4 Å². The summed E-state index contributed by atoms with van der Waals surface area (Å²) >= 11 is 0. The number of halogens is 1. The molecule has 2 aromatic carbocycles. The van der Waals surface area contributed by atoms with Crippen molar-refractivity contribution in [2.45, 2.75) is 12.5 Å². The smallest absolute Gasteiger partial charge is 0.304 e. The van der Waals surface area contributed by atoms with Gasteiger partial charge in [0, 0.05) is 38.4 Å². The van der Waals surface area contributed by atoms with E-state index in [1.54, 1.807) is 0 Å². The molecule has 168 valence electrons. The fraction of sp³-hybridized carbons (Fsp3) is 0.435. The standard InChI is InChI=1S/C23H28N2O5.ClH/c26-23(27)9-10-24-11-16-29-22(17-24)18-1-5-20(6-2-18)30-21-7-3-19(4-8-21)25-12-14-28-15-13-25;/h1-8,22H,9-17H2,(H,26,27);1H. The first-order valence-corrected chi connectivity index (χ1v) is 10.4. The van der Waals surface area contributed by atoms with Gasteiger partial charge in [-0.05, 0) is 42.0 Å². The lowest BCUT2D eigenvalue weighted by atomic mass is 10.1. The minimum atomic E-state index is -0.766. The lowest BCUT2D eigenvalue weighted by Gasteiger charge is -2.32. The maximum atomic E-state index is 10.8. The molecule has 2 aromatic rings. The highest BCUT2D eigenvalue weighted by Crippen LogP contribution is 2.28. The summed E-state index contributed by atoms with van der Waals surface area (Å²) < 4.78 is 17.3. The second kappa shape index (κ2) is 11.3. The van der Waals surface area contributed by atoms with E-state index in [4.69, 9.17) is 19.3 Å². The molecule has 0 spiro atoms. The van der Waals surface area contributed by atoms with Crippen LogP contribution in [0.15, 0.2) is 48.5 Å². The van der Waals surface area contributed by atoms with Gasteiger partial charge in [-0.1, -0.05) is 12.1 Å². The molecule has 2 aliphatic rings. The molecule has 7 nitrogen and oxygen atoms in total. The molecule has 0 aromatic heterocycles. The van der Waals surface area contributed by atoms with Crippen LogP contribution in [-0.4, -0.2) is 68.5 Å². The summed E-state index contributed by atoms with van der Waals surface area (Å²) in [6.45, 7) is 6.01. The Morgan fingerprint density at radius 1 is 0.968 bits per heavy atom. The third-order valence-electron chi connectivity index (χ3n) is 5.49. The van der Waals surface area contributed by atoms with E-state index in [0.29, 0.717) is 19.7 Å². The Morgan fingerprint density at radius 3 is 2.26 bits per heavy atom. The van der Waals surface area contributed by atoms with E-state index < -0.39 is 5.97 Å². The van der Waals surface area contributed by atoms with E-state index in [0.717, 1.165) is 49.9 Å². The molecule has 1 atom stereocenters. The van der Waals surface area contributed by atoms with Crippen LogP contribution in [0, 0.1) is 0 Å². The van der Waals surface area contributed by atoms with Gasteiger partial charge in [0.05, 0.1) is 32.3 Å². The molecule has 1 unspecified atom stereocenters. The van der Waals surface area contributed by atoms with Crippen LogP contribution in [0.1, 0.15) is 18.1 Å². The fourth-order valence-corrected chi connectivity index (χ4v) is 3.79. The monoisotopic (exact) mass is 448 g/mol. The average Bonchev–Trinajstić information content (AvgIpc) is 2.79. The van der Waals surface area contributed by atoms with E-state index in [1.165, 1.54) is 5.69 Å². The summed E-state index contributed by atoms with van der Waals surface area (Å²) in [5.74, 6) is 0.808. The van der Waals surface area contributed by atoms with Gasteiger partial charge in [0.1, 0.15) is 11.5 Å². The Balaban J connectivity index is 0.00000272. The fourth-order valence-electron chi connectivity index (χ4n) is 3.79. The molecule has 31 heavy (non-hydrogen) atoms. The Morgan fingerprint density at radius 2 is 1.61 bits per heavy atom. The van der Waals surface area contributed by atoms with Crippen molar-refractivity contribution in [3.8, 4) is 11.5 Å². The molecule has 2 heterocycles. The van der Waals surface area contributed by atoms with Crippen LogP contribution in [-0.2, 0) is 14.3 Å². The van der Waals surface area contributed by atoms with Gasteiger partial charge in [0.2, 0.25) is 0 Å². The number of benzene rings is 2. The molecular formula is C23H29ClN2O5. The van der Waals surface area contributed by atoms with Crippen molar-refractivity contribution in [1.82, 2.24) is 4.90 Å². The first-order chi connectivity index (χ1) is 14.7. The molecule has 0 radical (unpaired) electrons. The highest BCUT2D eigenvalue weighted by atomic mass is 35.5. The quantitative estimate of drug-likeness (QED) is 0.694. The molecule has 0 saturated carbocycles. The summed E-state index contributed by atoms with van der Waals surface area (Å²) in [6, 6.07) is 16.1. The third kappa shape index (κ3) is 6.58. The van der Waals surface area contributed by atoms with E-state index in [2.05, 4.69) is 21.9 Å². The first kappa shape index (κ1) is 23.3. The zero-order valence-corrected chi connectivity index (χ0v) is 18.3. The van der Waals surface area contributed by atoms with Crippen molar-refractivity contribution in [3.63, 3.8) is 0 Å². The number of nitrogens with zero attached hydrogens (tertiary/aromatic N) is 2. The van der Waals surface area contributed by atoms with Gasteiger partial charge < -0.3 is 24.2 Å². The zero-order valence-electron chi connectivity index (χ0n) is 17.4. The number of ether oxygens (including phenoxy) is 3. The van der Waals surface area contributed by atoms with E-state index in [1.807, 2.05) is 36.4 Å². The van der Waals surface area contributed by atoms with Gasteiger partial charge in [0.25, 0.3) is 0 Å². The molecule has 2 aliphatic heterocycles. The predicted molar refractivity (Wildman–Crippen MR) is 121 cm³/mol. The number of hydrogen-bond acceptors (Lipinski definition) is 6. The molecule has 2 fully saturated rings. The molecule has 0 bridgehead atoms. The number of carboxylic acids is 1. The largest absolute Gasteiger partial charge is 0.481 e. The van der Waals surface area contributed by atoms with Gasteiger partial charge in [-0.2, -0.15) is 0 Å². The second-order valence-electron chi connectivity index (χ2n) is 7.57. The number of rotatable bonds is 7. The van der Waals surface area contributed by atoms with Crippen molar-refractivity contribution in [3.05, 3.63) is 54.1 Å². The van der Waals surface area contributed by atoms with Gasteiger partial charge >= 0.3 is 5.97 Å². The van der Waals surface area contributed by atoms with Crippen LogP contribution in [0.2, 0.25) is 0 Å². The minimum Gasteiger partial charge on any atom is -0.481 e. The topological polar surface area (TPSA) is 71.5 Å². The van der Waals surface area contributed by atoms with Crippen LogP contribution in [0.25, 0.3) is 0 Å². The van der Waals surface area contributed by atoms with Gasteiger partial charge in [-0.3, -0.25) is 9.69 Å². The highest BCUT2D eigenvalue weighted by molar-refractivity contribution is 5.85. The van der Waals surface area contributed by atoms with Crippen molar-refractivity contribution >= 4 is 24.1 Å². The maximum Gasteiger partial charge on any atom is 0.304 e. The zero-order chi connectivity index (χ0) is 20.8. The van der Waals surface area contributed by atoms with Crippen molar-refractivity contribution < 1.29 is 24.1 Å². The van der Waals surface area contributed by atoms with Crippen LogP contribution in [0.3, 0.4) is 0 Å². The Hall–Kier alpha value is -2.32. The Bertz CT molecular complexity index is 825. The number of anilines is 1. The highest BCUT2D eigenvalue weighted by Gasteiger charge is 2.22. The summed E-state index contributed by atoms with van der Waals surface area (Å²) in [5, 5.41) is 8.88. The lowest BCUT2D eigenvalue weighted by molar-refractivity contribution is -0.137. The average molecular weight is 449 g/mol. The predicted octanol–water partition coefficient (Wildman–Crippen LogP) is 3.59. The van der Waals surface area contributed by atoms with Crippen molar-refractivity contribution in [2.24, 2.45) is 0 Å².